The van der Waals surface area contributed by atoms with Crippen molar-refractivity contribution in [2.75, 3.05) is 37.6 Å². The minimum atomic E-state index is 0.725. The van der Waals surface area contributed by atoms with Crippen molar-refractivity contribution in [1.82, 2.24) is 9.97 Å². The third-order valence-electron chi connectivity index (χ3n) is 4.96. The van der Waals surface area contributed by atoms with Crippen LogP contribution in [0.5, 0.6) is 0 Å². The first kappa shape index (κ1) is 16.3. The predicted octanol–water partition coefficient (Wildman–Crippen LogP) is 2.68. The highest BCUT2D eigenvalue weighted by molar-refractivity contribution is 6.30. The second-order valence-corrected chi connectivity index (χ2v) is 6.92. The summed E-state index contributed by atoms with van der Waals surface area (Å²) < 4.78 is 0. The van der Waals surface area contributed by atoms with Crippen LogP contribution in [0.25, 0.3) is 22.3 Å². The summed E-state index contributed by atoms with van der Waals surface area (Å²) in [5, 5.41) is 1.85. The molecule has 1 aromatic heterocycles. The molecule has 4 rings (SSSR count). The van der Waals surface area contributed by atoms with E-state index in [-0.39, 0.29) is 0 Å². The quantitative estimate of drug-likeness (QED) is 0.786. The van der Waals surface area contributed by atoms with Crippen molar-refractivity contribution >= 4 is 28.3 Å². The van der Waals surface area contributed by atoms with Gasteiger partial charge in [0, 0.05) is 16.0 Å². The Morgan fingerprint density at radius 3 is 2.44 bits per heavy atom. The summed E-state index contributed by atoms with van der Waals surface area (Å²) >= 11 is 6.02. The molecule has 0 unspecified atom stereocenters. The van der Waals surface area contributed by atoms with Gasteiger partial charge in [-0.15, -0.1) is 0 Å². The molecule has 1 aliphatic heterocycles. The summed E-state index contributed by atoms with van der Waals surface area (Å²) in [5.74, 6) is 1.81. The molecule has 2 aromatic carbocycles. The van der Waals surface area contributed by atoms with Crippen molar-refractivity contribution in [3.8, 4) is 11.4 Å². The summed E-state index contributed by atoms with van der Waals surface area (Å²) in [6, 6.07) is 16.0. The van der Waals surface area contributed by atoms with Gasteiger partial charge in [0.15, 0.2) is 5.82 Å². The van der Waals surface area contributed by atoms with Gasteiger partial charge in [-0.1, -0.05) is 23.7 Å². The van der Waals surface area contributed by atoms with E-state index in [2.05, 4.69) is 30.0 Å². The van der Waals surface area contributed by atoms with Crippen LogP contribution in [0.4, 0.5) is 5.82 Å². The molecular weight excluding hydrogens is 332 g/mol. The SMILES string of the molecule is CC[NH+]1CCN(c2nc(-c3ccc(Cl)cc3)nc3ccccc23)CC1. The first-order valence-corrected chi connectivity index (χ1v) is 9.23. The lowest BCUT2D eigenvalue weighted by molar-refractivity contribution is -0.898. The molecule has 128 valence electrons. The van der Waals surface area contributed by atoms with E-state index in [1.807, 2.05) is 30.3 Å². The highest BCUT2D eigenvalue weighted by atomic mass is 35.5. The summed E-state index contributed by atoms with van der Waals surface area (Å²) in [6.45, 7) is 7.82. The van der Waals surface area contributed by atoms with Crippen LogP contribution < -0.4 is 9.80 Å². The molecule has 0 bridgehead atoms. The van der Waals surface area contributed by atoms with E-state index in [0.717, 1.165) is 59.3 Å². The van der Waals surface area contributed by atoms with Crippen molar-refractivity contribution in [1.29, 1.82) is 0 Å². The molecule has 3 aromatic rings. The van der Waals surface area contributed by atoms with Crippen LogP contribution in [0, 0.1) is 0 Å². The standard InChI is InChI=1S/C20H21ClN4/c1-2-24-11-13-25(14-12-24)20-17-5-3-4-6-18(17)22-19(23-20)15-7-9-16(21)10-8-15/h3-10H,2,11-14H2,1H3/p+1. The Balaban J connectivity index is 1.78. The zero-order valence-corrected chi connectivity index (χ0v) is 15.1. The minimum Gasteiger partial charge on any atom is -0.345 e. The lowest BCUT2D eigenvalue weighted by Gasteiger charge is -2.33. The van der Waals surface area contributed by atoms with Gasteiger partial charge in [0.25, 0.3) is 0 Å². The van der Waals surface area contributed by atoms with E-state index in [1.54, 1.807) is 4.90 Å². The van der Waals surface area contributed by atoms with E-state index in [1.165, 1.54) is 6.54 Å². The average molecular weight is 354 g/mol. The minimum absolute atomic E-state index is 0.725. The number of hydrogen-bond acceptors (Lipinski definition) is 3. The van der Waals surface area contributed by atoms with Gasteiger partial charge in [-0.2, -0.15) is 0 Å². The van der Waals surface area contributed by atoms with Gasteiger partial charge in [0.2, 0.25) is 0 Å². The molecule has 5 heteroatoms. The van der Waals surface area contributed by atoms with Crippen LogP contribution >= 0.6 is 11.6 Å². The monoisotopic (exact) mass is 353 g/mol. The number of nitrogens with one attached hydrogen (secondary N) is 1. The molecule has 1 aliphatic rings. The second-order valence-electron chi connectivity index (χ2n) is 6.49. The number of likely N-dealkylation sites (N-methyl/N-ethyl adjacent to an activating group) is 1. The topological polar surface area (TPSA) is 33.5 Å². The van der Waals surface area contributed by atoms with Crippen LogP contribution in [-0.2, 0) is 0 Å². The van der Waals surface area contributed by atoms with Crippen molar-refractivity contribution in [3.05, 3.63) is 53.6 Å². The second kappa shape index (κ2) is 6.98. The number of nitrogens with zero attached hydrogens (tertiary/aromatic N) is 3. The summed E-state index contributed by atoms with van der Waals surface area (Å²) in [6.07, 6.45) is 0. The molecule has 0 radical (unpaired) electrons. The lowest BCUT2D eigenvalue weighted by atomic mass is 10.1. The molecule has 1 N–H and O–H groups in total. The van der Waals surface area contributed by atoms with Crippen LogP contribution in [0.3, 0.4) is 0 Å². The van der Waals surface area contributed by atoms with Crippen molar-refractivity contribution in [2.45, 2.75) is 6.92 Å². The molecule has 0 amide bonds. The van der Waals surface area contributed by atoms with Crippen LogP contribution in [0.2, 0.25) is 5.02 Å². The van der Waals surface area contributed by atoms with Crippen LogP contribution in [0.15, 0.2) is 48.5 Å². The molecular formula is C20H22ClN4+. The van der Waals surface area contributed by atoms with E-state index in [9.17, 15) is 0 Å². The van der Waals surface area contributed by atoms with E-state index in [0.29, 0.717) is 0 Å². The number of piperazine rings is 1. The normalized spacial score (nSPS) is 15.7. The Kier molecular flexibility index (Phi) is 4.55. The molecule has 1 fully saturated rings. The van der Waals surface area contributed by atoms with Crippen molar-refractivity contribution in [2.24, 2.45) is 0 Å². The number of hydrogen-bond donors (Lipinski definition) is 1. The molecule has 0 atom stereocenters. The Morgan fingerprint density at radius 2 is 1.72 bits per heavy atom. The summed E-state index contributed by atoms with van der Waals surface area (Å²) in [5.41, 5.74) is 1.98. The number of anilines is 1. The van der Waals surface area contributed by atoms with Crippen LogP contribution in [0.1, 0.15) is 6.92 Å². The highest BCUT2D eigenvalue weighted by Crippen LogP contribution is 2.28. The van der Waals surface area contributed by atoms with Gasteiger partial charge < -0.3 is 9.80 Å². The van der Waals surface area contributed by atoms with E-state index < -0.39 is 0 Å². The van der Waals surface area contributed by atoms with Gasteiger partial charge in [-0.05, 0) is 43.3 Å². The molecule has 0 spiro atoms. The van der Waals surface area contributed by atoms with Gasteiger partial charge in [0.1, 0.15) is 5.82 Å². The van der Waals surface area contributed by atoms with Gasteiger partial charge >= 0.3 is 0 Å². The summed E-state index contributed by atoms with van der Waals surface area (Å²) in [7, 11) is 0. The van der Waals surface area contributed by atoms with Crippen molar-refractivity contribution in [3.63, 3.8) is 0 Å². The molecule has 25 heavy (non-hydrogen) atoms. The van der Waals surface area contributed by atoms with E-state index in [4.69, 9.17) is 21.6 Å². The van der Waals surface area contributed by atoms with E-state index >= 15 is 0 Å². The fourth-order valence-corrected chi connectivity index (χ4v) is 3.54. The zero-order chi connectivity index (χ0) is 17.2. The number of halogens is 1. The molecule has 1 saturated heterocycles. The first-order chi connectivity index (χ1) is 12.2. The largest absolute Gasteiger partial charge is 0.345 e. The number of aromatic nitrogens is 2. The number of fused-ring (bicyclic) bond motifs is 1. The number of para-hydroxylation sites is 1. The Hall–Kier alpha value is -2.17. The molecule has 4 nitrogen and oxygen atoms in total. The maximum Gasteiger partial charge on any atom is 0.162 e. The lowest BCUT2D eigenvalue weighted by Crippen LogP contribution is -3.14. The van der Waals surface area contributed by atoms with Gasteiger partial charge in [-0.3, -0.25) is 0 Å². The predicted molar refractivity (Wildman–Crippen MR) is 103 cm³/mol. The maximum atomic E-state index is 6.02. The summed E-state index contributed by atoms with van der Waals surface area (Å²) in [4.78, 5) is 13.8. The number of benzene rings is 2. The third kappa shape index (κ3) is 3.32. The van der Waals surface area contributed by atoms with Crippen molar-refractivity contribution < 1.29 is 4.90 Å². The fraction of sp³-hybridized carbons (Fsp3) is 0.300. The fourth-order valence-electron chi connectivity index (χ4n) is 3.42. The number of rotatable bonds is 3. The maximum absolute atomic E-state index is 6.02. The third-order valence-corrected chi connectivity index (χ3v) is 5.21. The zero-order valence-electron chi connectivity index (χ0n) is 14.4. The Morgan fingerprint density at radius 1 is 1.00 bits per heavy atom. The van der Waals surface area contributed by atoms with Gasteiger partial charge in [-0.25, -0.2) is 9.97 Å². The number of quaternary nitrogens is 1. The Labute approximate surface area is 153 Å². The molecule has 0 saturated carbocycles. The average Bonchev–Trinajstić information content (AvgIpc) is 2.68. The smallest absolute Gasteiger partial charge is 0.162 e. The molecule has 0 aliphatic carbocycles. The highest BCUT2D eigenvalue weighted by Gasteiger charge is 2.22. The first-order valence-electron chi connectivity index (χ1n) is 8.86. The molecule has 2 heterocycles. The van der Waals surface area contributed by atoms with Gasteiger partial charge in [0.05, 0.1) is 38.2 Å². The Bertz CT molecular complexity index is 871. The van der Waals surface area contributed by atoms with Crippen LogP contribution in [-0.4, -0.2) is 42.7 Å².